The van der Waals surface area contributed by atoms with Crippen molar-refractivity contribution < 1.29 is 86.9 Å². The predicted molar refractivity (Wildman–Crippen MR) is 461 cm³/mol. The van der Waals surface area contributed by atoms with E-state index in [1.54, 1.807) is 237 Å². The number of rotatable bonds is 30. The second-order valence-electron chi connectivity index (χ2n) is 30.7. The van der Waals surface area contributed by atoms with E-state index in [2.05, 4.69) is 15.0 Å². The minimum absolute atomic E-state index is 0.0443. The van der Waals surface area contributed by atoms with Crippen LogP contribution in [-0.2, 0) is 61.2 Å². The number of aromatic amines is 3. The van der Waals surface area contributed by atoms with Crippen molar-refractivity contribution in [1.29, 1.82) is 0 Å². The van der Waals surface area contributed by atoms with Gasteiger partial charge in [0.15, 0.2) is 29.8 Å². The topological polar surface area (TPSA) is 405 Å². The molecule has 3 unspecified atom stereocenters. The number of aliphatic hydroxyl groups is 6. The molecule has 0 spiro atoms. The zero-order valence-electron chi connectivity index (χ0n) is 69.3. The fraction of sp³-hybridized carbons (Fsp3) is 0.290. The highest BCUT2D eigenvalue weighted by molar-refractivity contribution is 8.55. The van der Waals surface area contributed by atoms with Crippen LogP contribution in [0.2, 0.25) is 0 Å². The molecule has 3 saturated heterocycles. The number of para-hydroxylation sites is 6. The van der Waals surface area contributed by atoms with Crippen LogP contribution in [0.5, 0.6) is 34.5 Å². The molecule has 0 amide bonds. The lowest BCUT2D eigenvalue weighted by Crippen LogP contribution is -2.59. The molecule has 3 aliphatic rings. The highest BCUT2D eigenvalue weighted by atomic mass is 32.7. The molecule has 12 atom stereocenters. The van der Waals surface area contributed by atoms with Gasteiger partial charge >= 0.3 is 23.9 Å². The van der Waals surface area contributed by atoms with Gasteiger partial charge in [0.2, 0.25) is 0 Å². The van der Waals surface area contributed by atoms with Crippen molar-refractivity contribution in [3.05, 3.63) is 384 Å². The van der Waals surface area contributed by atoms with Gasteiger partial charge in [-0.25, -0.2) is 18.9 Å². The highest BCUT2D eigenvalue weighted by Crippen LogP contribution is 2.69. The Morgan fingerprint density at radius 2 is 0.576 bits per heavy atom. The van der Waals surface area contributed by atoms with Gasteiger partial charge in [0.25, 0.3) is 16.7 Å². The number of nitrogens with zero attached hydrogens (tertiary/aromatic N) is 3. The van der Waals surface area contributed by atoms with Gasteiger partial charge in [-0.15, -0.1) is 0 Å². The zero-order valence-corrected chi connectivity index (χ0v) is 71.0. The fourth-order valence-corrected chi connectivity index (χ4v) is 22.5. The Labute approximate surface area is 719 Å². The molecule has 0 radical (unpaired) electrons. The summed E-state index contributed by atoms with van der Waals surface area (Å²) < 4.78 is 93.5. The number of hydrogen-bond donors (Lipinski definition) is 9. The number of aromatic nitrogens is 6. The second kappa shape index (κ2) is 35.2. The van der Waals surface area contributed by atoms with Gasteiger partial charge in [0.05, 0.1) is 61.0 Å². The Balaban J connectivity index is 0.952. The van der Waals surface area contributed by atoms with Gasteiger partial charge in [-0.2, -0.15) is 0 Å². The summed E-state index contributed by atoms with van der Waals surface area (Å²) in [6, 6.07) is 65.9. The lowest BCUT2D eigenvalue weighted by molar-refractivity contribution is -0.216. The first kappa shape index (κ1) is 87.8. The standard InChI is InChI=1S/C93H93N6O24PS/c1-55-52-97(85(109)94-79(55)103)88(91(58-31-13-10-14-32-58,61-37-19-25-43-70(61)113-4)62-38-20-26-44-71(62)114-5)49-67(100)76(119-88)82(106)122-124(112,123-83(107)77-68(101)50-89(120-77,98-53-56(2)80(104)95-86(98)110)92(59-33-15-11-16-34-59,63-39-21-27-45-72(63)115-6)64-40-22-28-46-73(64)116-7)125-84(108)78-69(102)51-90(121-78,99-54-57(3)81(105)96-87(99)111)93(60-35-17-12-18-36-60,65-41-23-29-47-74(65)117-8)66-42-24-30-48-75(66)118-9/h10-48,52-54,67-69,76-78,82-84,100-102,106-108H,49-51H2,1-9H3,(H,94,103,109)(H,95,104,110)(H,96,105,111)/t67-,68-,69-,76-,77-,78-,82?,83?,84?,88-,89-,90-,124?/m0/s1. The van der Waals surface area contributed by atoms with E-state index in [9.17, 15) is 45.0 Å². The summed E-state index contributed by atoms with van der Waals surface area (Å²) >= 11 is -0.203. The van der Waals surface area contributed by atoms with E-state index in [1.165, 1.54) is 82.0 Å². The monoisotopic (exact) mass is 1740 g/mol. The Kier molecular flexibility index (Phi) is 24.7. The molecule has 3 fully saturated rings. The first-order valence-electron chi connectivity index (χ1n) is 39.9. The van der Waals surface area contributed by atoms with E-state index in [1.807, 2.05) is 0 Å². The normalized spacial score (nSPS) is 22.1. The summed E-state index contributed by atoms with van der Waals surface area (Å²) in [6.45, 7) is -1.87. The number of nitrogens with one attached hydrogen (secondary N) is 3. The molecule has 0 saturated carbocycles. The van der Waals surface area contributed by atoms with Crippen LogP contribution < -0.4 is 62.2 Å². The molecule has 6 heterocycles. The van der Waals surface area contributed by atoms with E-state index in [4.69, 9.17) is 51.7 Å². The number of methoxy groups -OCH3 is 6. The summed E-state index contributed by atoms with van der Waals surface area (Å²) in [4.78, 5) is 94.8. The van der Waals surface area contributed by atoms with Gasteiger partial charge in [-0.05, 0) is 85.2 Å². The van der Waals surface area contributed by atoms with Gasteiger partial charge in [-0.1, -0.05) is 200 Å². The molecule has 125 heavy (non-hydrogen) atoms. The maximum absolute atomic E-state index is 17.7. The van der Waals surface area contributed by atoms with Crippen molar-refractivity contribution in [3.63, 3.8) is 0 Å². The van der Waals surface area contributed by atoms with Gasteiger partial charge in [0.1, 0.15) is 74.5 Å². The number of aliphatic hydroxyl groups excluding tert-OH is 6. The van der Waals surface area contributed by atoms with Crippen LogP contribution in [0, 0.1) is 20.8 Å². The SMILES string of the molecule is COc1ccccc1C(c1ccccc1)(c1ccccc1OC)[C@]1(n2cc(C)c(=O)[nH]c2=O)C[C@H](O)[C@@H](C(O)OP(=O)(OC(O)[C@H]2O[C@](n3cc(C)c(=O)[nH]c3=O)(C(c3ccccc3)(c3ccccc3OC)c3ccccc3OC)C[C@@H]2O)SC(O)[C@H]2O[C@](n3cc(C)c(=O)[nH]c3=O)(C(c3ccccc3)(c3ccccc3OC)c3ccccc3OC)C[C@@H]2O)O1. The summed E-state index contributed by atoms with van der Waals surface area (Å²) in [5.74, 6) is 1.06. The van der Waals surface area contributed by atoms with Crippen LogP contribution in [-0.4, -0.2) is 157 Å². The summed E-state index contributed by atoms with van der Waals surface area (Å²) in [6.07, 6.45) is -17.5. The molecule has 32 heteroatoms. The van der Waals surface area contributed by atoms with Crippen LogP contribution in [0.25, 0.3) is 0 Å². The van der Waals surface area contributed by atoms with E-state index >= 15 is 18.9 Å². The summed E-state index contributed by atoms with van der Waals surface area (Å²) in [7, 11) is 8.45. The third-order valence-electron chi connectivity index (χ3n) is 24.1. The average molecular weight is 1740 g/mol. The zero-order chi connectivity index (χ0) is 88.7. The van der Waals surface area contributed by atoms with Gasteiger partial charge in [-0.3, -0.25) is 52.1 Å². The molecule has 650 valence electrons. The molecule has 12 aromatic rings. The maximum Gasteiger partial charge on any atom is 0.396 e. The van der Waals surface area contributed by atoms with E-state index in [-0.39, 0.29) is 95.9 Å². The Morgan fingerprint density at radius 3 is 0.816 bits per heavy atom. The van der Waals surface area contributed by atoms with Crippen molar-refractivity contribution in [2.75, 3.05) is 42.7 Å². The van der Waals surface area contributed by atoms with Crippen LogP contribution in [0.3, 0.4) is 0 Å². The average Bonchev–Trinajstić information content (AvgIpc) is 1.61. The molecule has 9 N–H and O–H groups in total. The first-order chi connectivity index (χ1) is 60.2. The van der Waals surface area contributed by atoms with Crippen molar-refractivity contribution in [3.8, 4) is 34.5 Å². The van der Waals surface area contributed by atoms with Crippen LogP contribution >= 0.6 is 18.2 Å². The largest absolute Gasteiger partial charge is 0.496 e. The predicted octanol–water partition coefficient (Wildman–Crippen LogP) is 8.96. The van der Waals surface area contributed by atoms with Crippen LogP contribution in [0.4, 0.5) is 0 Å². The third kappa shape index (κ3) is 14.5. The van der Waals surface area contributed by atoms with E-state index < -0.39 is 148 Å². The number of H-pyrrole nitrogens is 3. The maximum atomic E-state index is 17.7. The molecule has 9 aromatic carbocycles. The molecular formula is C93H93N6O24PS. The second-order valence-corrected chi connectivity index (χ2v) is 34.7. The third-order valence-corrected chi connectivity index (χ3v) is 27.7. The highest BCUT2D eigenvalue weighted by Gasteiger charge is 2.71. The summed E-state index contributed by atoms with van der Waals surface area (Å²) in [5.41, 5.74) is -19.9. The lowest BCUT2D eigenvalue weighted by Gasteiger charge is -2.50. The van der Waals surface area contributed by atoms with Crippen LogP contribution in [0.15, 0.2) is 284 Å². The van der Waals surface area contributed by atoms with Crippen molar-refractivity contribution >= 4 is 18.2 Å². The lowest BCUT2D eigenvalue weighted by atomic mass is 9.61. The minimum atomic E-state index is -6.13. The Morgan fingerprint density at radius 1 is 0.360 bits per heavy atom. The Bertz CT molecular complexity index is 5640. The first-order valence-corrected chi connectivity index (χ1v) is 42.9. The molecule has 0 bridgehead atoms. The summed E-state index contributed by atoms with van der Waals surface area (Å²) in [5, 5.41) is 81.4. The molecule has 15 rings (SSSR count). The van der Waals surface area contributed by atoms with Crippen LogP contribution in [0.1, 0.15) is 86.0 Å². The molecule has 0 aliphatic carbocycles. The fourth-order valence-electron chi connectivity index (χ4n) is 19.0. The molecule has 3 aromatic heterocycles. The van der Waals surface area contributed by atoms with Crippen molar-refractivity contribution in [2.24, 2.45) is 0 Å². The van der Waals surface area contributed by atoms with Crippen molar-refractivity contribution in [2.45, 2.75) is 128 Å². The molecule has 3 aliphatic heterocycles. The number of hydrogen-bond acceptors (Lipinski definition) is 25. The van der Waals surface area contributed by atoms with Crippen molar-refractivity contribution in [1.82, 2.24) is 28.7 Å². The molecular weight excluding hydrogens is 1650 g/mol. The number of benzene rings is 9. The molecule has 30 nitrogen and oxygen atoms in total. The van der Waals surface area contributed by atoms with Gasteiger partial charge < -0.3 is 73.3 Å². The van der Waals surface area contributed by atoms with E-state index in [0.717, 1.165) is 13.7 Å². The number of aryl methyl sites for hydroxylation is 3. The smallest absolute Gasteiger partial charge is 0.396 e. The van der Waals surface area contributed by atoms with Gasteiger partial charge in [0, 0.05) is 87.9 Å². The van der Waals surface area contributed by atoms with E-state index in [0.29, 0.717) is 16.7 Å². The quantitative estimate of drug-likeness (QED) is 0.0115. The Hall–Kier alpha value is -12.0. The number of ether oxygens (including phenoxy) is 9. The minimum Gasteiger partial charge on any atom is -0.496 e.